The molecule has 0 spiro atoms. The lowest BCUT2D eigenvalue weighted by Crippen LogP contribution is -2.41. The minimum absolute atomic E-state index is 0.0627. The number of rotatable bonds is 6. The molecule has 0 atom stereocenters. The van der Waals surface area contributed by atoms with Gasteiger partial charge < -0.3 is 9.64 Å². The van der Waals surface area contributed by atoms with Crippen LogP contribution in [-0.4, -0.2) is 58.3 Å². The second-order valence-corrected chi connectivity index (χ2v) is 8.06. The smallest absolute Gasteiger partial charge is 0.232 e. The zero-order valence-electron chi connectivity index (χ0n) is 14.6. The van der Waals surface area contributed by atoms with E-state index in [4.69, 9.17) is 4.74 Å². The highest BCUT2D eigenvalue weighted by Gasteiger charge is 2.21. The van der Waals surface area contributed by atoms with E-state index in [1.807, 2.05) is 32.0 Å². The summed E-state index contributed by atoms with van der Waals surface area (Å²) in [5.74, 6) is 0.0627. The first-order valence-electron chi connectivity index (χ1n) is 8.20. The SMILES string of the molecule is Cc1cccc(N(CCCC(=O)N2CCOCC2)S(C)(=O)=O)c1C. The predicted molar refractivity (Wildman–Crippen MR) is 94.7 cm³/mol. The molecule has 1 aromatic carbocycles. The number of sulfonamides is 1. The van der Waals surface area contributed by atoms with Crippen molar-refractivity contribution in [1.29, 1.82) is 0 Å². The van der Waals surface area contributed by atoms with Crippen LogP contribution in [0.4, 0.5) is 5.69 Å². The van der Waals surface area contributed by atoms with Crippen LogP contribution in [0.2, 0.25) is 0 Å². The Morgan fingerprint density at radius 3 is 2.54 bits per heavy atom. The molecular weight excluding hydrogens is 328 g/mol. The fraction of sp³-hybridized carbons (Fsp3) is 0.588. The molecule has 7 heteroatoms. The number of benzene rings is 1. The van der Waals surface area contributed by atoms with Crippen LogP contribution in [0.1, 0.15) is 24.0 Å². The number of carbonyl (C=O) groups is 1. The Morgan fingerprint density at radius 1 is 1.25 bits per heavy atom. The number of carbonyl (C=O) groups excluding carboxylic acids is 1. The summed E-state index contributed by atoms with van der Waals surface area (Å²) in [5, 5.41) is 0. The number of hydrogen-bond donors (Lipinski definition) is 0. The van der Waals surface area contributed by atoms with Gasteiger partial charge in [-0.3, -0.25) is 9.10 Å². The van der Waals surface area contributed by atoms with Gasteiger partial charge in [0.2, 0.25) is 15.9 Å². The van der Waals surface area contributed by atoms with Crippen LogP contribution >= 0.6 is 0 Å². The normalized spacial score (nSPS) is 15.4. The second-order valence-electron chi connectivity index (χ2n) is 6.15. The van der Waals surface area contributed by atoms with Crippen LogP contribution in [0, 0.1) is 13.8 Å². The Bertz CT molecular complexity index is 682. The molecule has 0 radical (unpaired) electrons. The molecule has 24 heavy (non-hydrogen) atoms. The maximum absolute atomic E-state index is 12.2. The quantitative estimate of drug-likeness (QED) is 0.780. The third-order valence-corrected chi connectivity index (χ3v) is 5.54. The van der Waals surface area contributed by atoms with Gasteiger partial charge in [0.15, 0.2) is 0 Å². The van der Waals surface area contributed by atoms with Gasteiger partial charge in [0, 0.05) is 26.1 Å². The second kappa shape index (κ2) is 7.98. The third-order valence-electron chi connectivity index (χ3n) is 4.36. The number of morpholine rings is 1. The molecule has 1 aliphatic rings. The van der Waals surface area contributed by atoms with E-state index in [1.165, 1.54) is 10.6 Å². The van der Waals surface area contributed by atoms with Crippen molar-refractivity contribution in [3.63, 3.8) is 0 Å². The number of aryl methyl sites for hydroxylation is 1. The summed E-state index contributed by atoms with van der Waals surface area (Å²) >= 11 is 0. The van der Waals surface area contributed by atoms with E-state index in [0.717, 1.165) is 11.1 Å². The first-order valence-corrected chi connectivity index (χ1v) is 10.0. The van der Waals surface area contributed by atoms with E-state index in [9.17, 15) is 13.2 Å². The molecule has 1 fully saturated rings. The average molecular weight is 354 g/mol. The van der Waals surface area contributed by atoms with Crippen molar-refractivity contribution in [3.8, 4) is 0 Å². The van der Waals surface area contributed by atoms with E-state index in [0.29, 0.717) is 51.4 Å². The molecule has 1 aliphatic heterocycles. The fourth-order valence-corrected chi connectivity index (χ4v) is 3.83. The van der Waals surface area contributed by atoms with Crippen molar-refractivity contribution in [2.45, 2.75) is 26.7 Å². The molecular formula is C17H26N2O4S. The largest absolute Gasteiger partial charge is 0.378 e. The molecule has 0 aliphatic carbocycles. The number of hydrogen-bond acceptors (Lipinski definition) is 4. The van der Waals surface area contributed by atoms with E-state index >= 15 is 0 Å². The van der Waals surface area contributed by atoms with Gasteiger partial charge in [-0.1, -0.05) is 12.1 Å². The van der Waals surface area contributed by atoms with Gasteiger partial charge in [0.1, 0.15) is 0 Å². The van der Waals surface area contributed by atoms with Crippen LogP contribution in [0.5, 0.6) is 0 Å². The van der Waals surface area contributed by atoms with Crippen molar-refractivity contribution in [3.05, 3.63) is 29.3 Å². The zero-order valence-corrected chi connectivity index (χ0v) is 15.4. The van der Waals surface area contributed by atoms with Crippen LogP contribution in [-0.2, 0) is 19.6 Å². The minimum atomic E-state index is -3.39. The van der Waals surface area contributed by atoms with Crippen molar-refractivity contribution < 1.29 is 17.9 Å². The van der Waals surface area contributed by atoms with Crippen LogP contribution in [0.25, 0.3) is 0 Å². The highest BCUT2D eigenvalue weighted by Crippen LogP contribution is 2.25. The lowest BCUT2D eigenvalue weighted by atomic mass is 10.1. The first-order chi connectivity index (χ1) is 11.3. The Kier molecular flexibility index (Phi) is 6.23. The molecule has 0 unspecified atom stereocenters. The number of nitrogens with zero attached hydrogens (tertiary/aromatic N) is 2. The lowest BCUT2D eigenvalue weighted by molar-refractivity contribution is -0.135. The van der Waals surface area contributed by atoms with E-state index in [2.05, 4.69) is 0 Å². The molecule has 1 amide bonds. The standard InChI is InChI=1S/C17H26N2O4S/c1-14-6-4-7-16(15(14)2)19(24(3,21)22)9-5-8-17(20)18-10-12-23-13-11-18/h4,6-7H,5,8-13H2,1-3H3. The third kappa shape index (κ3) is 4.70. The van der Waals surface area contributed by atoms with Crippen molar-refractivity contribution in [2.75, 3.05) is 43.4 Å². The maximum Gasteiger partial charge on any atom is 0.232 e. The van der Waals surface area contributed by atoms with Crippen LogP contribution in [0.15, 0.2) is 18.2 Å². The lowest BCUT2D eigenvalue weighted by Gasteiger charge is -2.28. The van der Waals surface area contributed by atoms with Gasteiger partial charge in [-0.2, -0.15) is 0 Å². The molecule has 6 nitrogen and oxygen atoms in total. The number of ether oxygens (including phenoxy) is 1. The van der Waals surface area contributed by atoms with Gasteiger partial charge in [-0.25, -0.2) is 8.42 Å². The molecule has 1 saturated heterocycles. The summed E-state index contributed by atoms with van der Waals surface area (Å²) in [5.41, 5.74) is 2.68. The van der Waals surface area contributed by atoms with E-state index < -0.39 is 10.0 Å². The van der Waals surface area contributed by atoms with Crippen LogP contribution in [0.3, 0.4) is 0 Å². The van der Waals surface area contributed by atoms with Crippen molar-refractivity contribution in [1.82, 2.24) is 4.90 Å². The molecule has 134 valence electrons. The highest BCUT2D eigenvalue weighted by atomic mass is 32.2. The number of amides is 1. The Balaban J connectivity index is 2.02. The van der Waals surface area contributed by atoms with E-state index in [1.54, 1.807) is 4.90 Å². The topological polar surface area (TPSA) is 66.9 Å². The summed E-state index contributed by atoms with van der Waals surface area (Å²) in [6.45, 7) is 6.56. The molecule has 0 aromatic heterocycles. The van der Waals surface area contributed by atoms with Gasteiger partial charge >= 0.3 is 0 Å². The van der Waals surface area contributed by atoms with Crippen molar-refractivity contribution in [2.24, 2.45) is 0 Å². The molecule has 1 heterocycles. The van der Waals surface area contributed by atoms with Gasteiger partial charge in [0.25, 0.3) is 0 Å². The zero-order chi connectivity index (χ0) is 17.7. The Hall–Kier alpha value is -1.60. The van der Waals surface area contributed by atoms with Gasteiger partial charge in [-0.05, 0) is 37.5 Å². The minimum Gasteiger partial charge on any atom is -0.378 e. The first kappa shape index (κ1) is 18.7. The molecule has 0 saturated carbocycles. The molecule has 1 aromatic rings. The Morgan fingerprint density at radius 2 is 1.92 bits per heavy atom. The van der Waals surface area contributed by atoms with Gasteiger partial charge in [-0.15, -0.1) is 0 Å². The molecule has 0 N–H and O–H groups in total. The van der Waals surface area contributed by atoms with Crippen LogP contribution < -0.4 is 4.31 Å². The Labute approximate surface area is 144 Å². The van der Waals surface area contributed by atoms with Crippen molar-refractivity contribution >= 4 is 21.6 Å². The highest BCUT2D eigenvalue weighted by molar-refractivity contribution is 7.92. The van der Waals surface area contributed by atoms with E-state index in [-0.39, 0.29) is 5.91 Å². The molecule has 0 bridgehead atoms. The summed E-state index contributed by atoms with van der Waals surface area (Å²) < 4.78 is 31.0. The monoisotopic (exact) mass is 354 g/mol. The predicted octanol–water partition coefficient (Wildman–Crippen LogP) is 1.71. The van der Waals surface area contributed by atoms with Gasteiger partial charge in [0.05, 0.1) is 25.2 Å². The summed E-state index contributed by atoms with van der Waals surface area (Å²) in [6.07, 6.45) is 2.05. The maximum atomic E-state index is 12.2. The summed E-state index contributed by atoms with van der Waals surface area (Å²) in [4.78, 5) is 14.0. The fourth-order valence-electron chi connectivity index (χ4n) is 2.82. The average Bonchev–Trinajstić information content (AvgIpc) is 2.54. The summed E-state index contributed by atoms with van der Waals surface area (Å²) in [7, 11) is -3.39. The molecule has 2 rings (SSSR count). The summed E-state index contributed by atoms with van der Waals surface area (Å²) in [6, 6.07) is 5.63. The number of anilines is 1.